The average molecular weight is 226 g/mol. The van der Waals surface area contributed by atoms with Crippen molar-refractivity contribution in [2.45, 2.75) is 45.6 Å². The molecule has 0 aromatic heterocycles. The highest BCUT2D eigenvalue weighted by Crippen LogP contribution is 2.19. The fourth-order valence-electron chi connectivity index (χ4n) is 2.25. The molecule has 16 heavy (non-hydrogen) atoms. The predicted octanol–water partition coefficient (Wildman–Crippen LogP) is 0.956. The van der Waals surface area contributed by atoms with Crippen LogP contribution in [0.25, 0.3) is 0 Å². The van der Waals surface area contributed by atoms with Crippen molar-refractivity contribution in [2.24, 2.45) is 0 Å². The second kappa shape index (κ2) is 6.63. The van der Waals surface area contributed by atoms with Gasteiger partial charge in [-0.25, -0.2) is 0 Å². The second-order valence-corrected chi connectivity index (χ2v) is 4.31. The van der Waals surface area contributed by atoms with E-state index in [0.717, 1.165) is 25.8 Å². The molecule has 0 radical (unpaired) electrons. The van der Waals surface area contributed by atoms with Gasteiger partial charge in [-0.2, -0.15) is 0 Å². The number of nitrogens with one attached hydrogen (secondary N) is 1. The van der Waals surface area contributed by atoms with Gasteiger partial charge in [-0.15, -0.1) is 0 Å². The predicted molar refractivity (Wildman–Crippen MR) is 63.2 cm³/mol. The summed E-state index contributed by atoms with van der Waals surface area (Å²) in [6.45, 7) is 5.87. The quantitative estimate of drug-likeness (QED) is 0.759. The highest BCUT2D eigenvalue weighted by atomic mass is 16.2. The summed E-state index contributed by atoms with van der Waals surface area (Å²) in [5, 5.41) is 2.80. The molecule has 1 atom stereocenters. The number of hydrogen-bond acceptors (Lipinski definition) is 3. The highest BCUT2D eigenvalue weighted by molar-refractivity contribution is 5.80. The van der Waals surface area contributed by atoms with Crippen LogP contribution in [0.1, 0.15) is 39.5 Å². The van der Waals surface area contributed by atoms with E-state index in [2.05, 4.69) is 10.2 Å². The lowest BCUT2D eigenvalue weighted by Gasteiger charge is -2.32. The maximum Gasteiger partial charge on any atom is 0.234 e. The Hall–Kier alpha value is -0.900. The van der Waals surface area contributed by atoms with Crippen LogP contribution in [0.15, 0.2) is 0 Å². The molecule has 1 saturated carbocycles. The molecule has 1 N–H and O–H groups in total. The summed E-state index contributed by atoms with van der Waals surface area (Å²) in [4.78, 5) is 25.0. The first-order valence-corrected chi connectivity index (χ1v) is 6.19. The molecule has 1 aliphatic rings. The standard InChI is InChI=1S/C12H22N2O2/c1-3-13-12(16)9-14(4-2)10-6-5-7-11(15)8-10/h10H,3-9H2,1-2H3,(H,13,16). The SMILES string of the molecule is CCNC(=O)CN(CC)C1CCCC(=O)C1. The molecular formula is C12H22N2O2. The Bertz CT molecular complexity index is 253. The lowest BCUT2D eigenvalue weighted by atomic mass is 9.93. The zero-order chi connectivity index (χ0) is 12.0. The van der Waals surface area contributed by atoms with Gasteiger partial charge in [0.2, 0.25) is 5.91 Å². The van der Waals surface area contributed by atoms with Gasteiger partial charge in [0.25, 0.3) is 0 Å². The fraction of sp³-hybridized carbons (Fsp3) is 0.833. The first-order valence-electron chi connectivity index (χ1n) is 6.19. The van der Waals surface area contributed by atoms with Crippen LogP contribution in [0.3, 0.4) is 0 Å². The third kappa shape index (κ3) is 3.93. The number of Topliss-reactive ketones (excluding diaryl/α,β-unsaturated/α-hetero) is 1. The van der Waals surface area contributed by atoms with Crippen molar-refractivity contribution in [1.82, 2.24) is 10.2 Å². The minimum Gasteiger partial charge on any atom is -0.355 e. The van der Waals surface area contributed by atoms with Gasteiger partial charge in [0.1, 0.15) is 5.78 Å². The molecule has 0 aromatic rings. The van der Waals surface area contributed by atoms with Crippen LogP contribution in [0.2, 0.25) is 0 Å². The number of ketones is 1. The molecule has 92 valence electrons. The van der Waals surface area contributed by atoms with E-state index in [9.17, 15) is 9.59 Å². The zero-order valence-electron chi connectivity index (χ0n) is 10.3. The van der Waals surface area contributed by atoms with Crippen molar-refractivity contribution in [3.63, 3.8) is 0 Å². The minimum atomic E-state index is 0.0578. The topological polar surface area (TPSA) is 49.4 Å². The summed E-state index contributed by atoms with van der Waals surface area (Å²) in [7, 11) is 0. The Morgan fingerprint density at radius 2 is 2.25 bits per heavy atom. The highest BCUT2D eigenvalue weighted by Gasteiger charge is 2.25. The molecule has 1 unspecified atom stereocenters. The number of hydrogen-bond donors (Lipinski definition) is 1. The maximum atomic E-state index is 11.5. The number of rotatable bonds is 5. The van der Waals surface area contributed by atoms with Crippen LogP contribution in [0.5, 0.6) is 0 Å². The van der Waals surface area contributed by atoms with Crippen LogP contribution in [0, 0.1) is 0 Å². The number of carbonyl (C=O) groups excluding carboxylic acids is 2. The van der Waals surface area contributed by atoms with Crippen LogP contribution < -0.4 is 5.32 Å². The molecule has 0 aliphatic heterocycles. The Kier molecular flexibility index (Phi) is 5.46. The summed E-state index contributed by atoms with van der Waals surface area (Å²) in [6, 6.07) is 0.272. The van der Waals surface area contributed by atoms with Crippen molar-refractivity contribution < 1.29 is 9.59 Å². The van der Waals surface area contributed by atoms with Gasteiger partial charge >= 0.3 is 0 Å². The molecule has 0 saturated heterocycles. The summed E-state index contributed by atoms with van der Waals surface area (Å²) < 4.78 is 0. The average Bonchev–Trinajstić information content (AvgIpc) is 2.26. The fourth-order valence-corrected chi connectivity index (χ4v) is 2.25. The van der Waals surface area contributed by atoms with Crippen molar-refractivity contribution >= 4 is 11.7 Å². The molecule has 1 fully saturated rings. The molecule has 4 nitrogen and oxygen atoms in total. The zero-order valence-corrected chi connectivity index (χ0v) is 10.3. The van der Waals surface area contributed by atoms with Gasteiger partial charge in [-0.3, -0.25) is 14.5 Å². The van der Waals surface area contributed by atoms with E-state index in [4.69, 9.17) is 0 Å². The van der Waals surface area contributed by atoms with Crippen LogP contribution in [-0.4, -0.2) is 42.3 Å². The van der Waals surface area contributed by atoms with Gasteiger partial charge in [0, 0.05) is 25.4 Å². The molecular weight excluding hydrogens is 204 g/mol. The van der Waals surface area contributed by atoms with Crippen LogP contribution in [-0.2, 0) is 9.59 Å². The molecule has 0 bridgehead atoms. The van der Waals surface area contributed by atoms with Gasteiger partial charge < -0.3 is 5.32 Å². The third-order valence-corrected chi connectivity index (χ3v) is 3.10. The smallest absolute Gasteiger partial charge is 0.234 e. The molecule has 0 aromatic carbocycles. The number of carbonyl (C=O) groups is 2. The summed E-state index contributed by atoms with van der Waals surface area (Å²) in [6.07, 6.45) is 3.34. The molecule has 1 rings (SSSR count). The van der Waals surface area contributed by atoms with E-state index in [1.54, 1.807) is 0 Å². The van der Waals surface area contributed by atoms with Crippen molar-refractivity contribution in [3.05, 3.63) is 0 Å². The van der Waals surface area contributed by atoms with E-state index in [1.807, 2.05) is 13.8 Å². The molecule has 4 heteroatoms. The van der Waals surface area contributed by atoms with E-state index in [-0.39, 0.29) is 11.9 Å². The first kappa shape index (κ1) is 13.2. The Morgan fingerprint density at radius 1 is 1.50 bits per heavy atom. The van der Waals surface area contributed by atoms with Crippen molar-refractivity contribution in [1.29, 1.82) is 0 Å². The van der Waals surface area contributed by atoms with Crippen LogP contribution in [0.4, 0.5) is 0 Å². The Morgan fingerprint density at radius 3 is 2.81 bits per heavy atom. The van der Waals surface area contributed by atoms with E-state index in [1.165, 1.54) is 0 Å². The summed E-state index contributed by atoms with van der Waals surface area (Å²) in [5.74, 6) is 0.396. The van der Waals surface area contributed by atoms with Gasteiger partial charge in [-0.1, -0.05) is 6.92 Å². The number of likely N-dealkylation sites (N-methyl/N-ethyl adjacent to an activating group) is 2. The second-order valence-electron chi connectivity index (χ2n) is 4.31. The lowest BCUT2D eigenvalue weighted by molar-refractivity contribution is -0.126. The van der Waals surface area contributed by atoms with Crippen molar-refractivity contribution in [3.8, 4) is 0 Å². The number of nitrogens with zero attached hydrogens (tertiary/aromatic N) is 1. The van der Waals surface area contributed by atoms with Gasteiger partial charge in [0.15, 0.2) is 0 Å². The lowest BCUT2D eigenvalue weighted by Crippen LogP contribution is -2.44. The summed E-state index contributed by atoms with van der Waals surface area (Å²) >= 11 is 0. The van der Waals surface area contributed by atoms with E-state index < -0.39 is 0 Å². The van der Waals surface area contributed by atoms with E-state index >= 15 is 0 Å². The van der Waals surface area contributed by atoms with Crippen LogP contribution >= 0.6 is 0 Å². The molecule has 0 heterocycles. The van der Waals surface area contributed by atoms with Crippen molar-refractivity contribution in [2.75, 3.05) is 19.6 Å². The van der Waals surface area contributed by atoms with E-state index in [0.29, 0.717) is 25.3 Å². The number of amides is 1. The maximum absolute atomic E-state index is 11.5. The third-order valence-electron chi connectivity index (χ3n) is 3.10. The normalized spacial score (nSPS) is 21.2. The molecule has 1 amide bonds. The largest absolute Gasteiger partial charge is 0.355 e. The monoisotopic (exact) mass is 226 g/mol. The Labute approximate surface area is 97.4 Å². The first-order chi connectivity index (χ1) is 7.67. The Balaban J connectivity index is 2.46. The molecule has 1 aliphatic carbocycles. The molecule has 0 spiro atoms. The van der Waals surface area contributed by atoms with Gasteiger partial charge in [-0.05, 0) is 26.3 Å². The van der Waals surface area contributed by atoms with Gasteiger partial charge in [0.05, 0.1) is 6.54 Å². The minimum absolute atomic E-state index is 0.0578. The summed E-state index contributed by atoms with van der Waals surface area (Å²) in [5.41, 5.74) is 0.